The van der Waals surface area contributed by atoms with Crippen molar-refractivity contribution in [1.82, 2.24) is 15.5 Å². The zero-order chi connectivity index (χ0) is 18.6. The quantitative estimate of drug-likeness (QED) is 0.503. The number of alkyl halides is 3. The van der Waals surface area contributed by atoms with Crippen LogP contribution in [-0.2, 0) is 11.0 Å². The van der Waals surface area contributed by atoms with E-state index in [1.54, 1.807) is 6.92 Å². The Morgan fingerprint density at radius 2 is 2.12 bits per heavy atom. The van der Waals surface area contributed by atoms with Crippen molar-refractivity contribution in [3.05, 3.63) is 35.5 Å². The average molecular weight is 360 g/mol. The number of carbonyl (C=O) groups excluding carboxylic acids is 1. The van der Waals surface area contributed by atoms with Gasteiger partial charge in [0.1, 0.15) is 12.9 Å². The minimum absolute atomic E-state index is 0.0361. The smallest absolute Gasteiger partial charge is 0.399 e. The fourth-order valence-electron chi connectivity index (χ4n) is 1.78. The average Bonchev–Trinajstić information content (AvgIpc) is 3.02. The maximum Gasteiger partial charge on any atom is 0.471 e. The Hall–Kier alpha value is -2.98. The normalized spacial score (nSPS) is 12.2. The molecule has 1 heterocycles. The summed E-state index contributed by atoms with van der Waals surface area (Å²) >= 11 is 0. The predicted molar refractivity (Wildman–Crippen MR) is 77.1 cm³/mol. The molecule has 0 saturated heterocycles. The summed E-state index contributed by atoms with van der Waals surface area (Å²) in [4.78, 5) is 19.5. The first-order valence-electron chi connectivity index (χ1n) is 6.78. The largest absolute Gasteiger partial charge is 0.471 e. The van der Waals surface area contributed by atoms with Gasteiger partial charge in [0, 0.05) is 5.56 Å². The molecule has 0 aliphatic rings. The molecule has 1 aromatic heterocycles. The van der Waals surface area contributed by atoms with Crippen LogP contribution in [0.3, 0.4) is 0 Å². The van der Waals surface area contributed by atoms with Gasteiger partial charge in [-0.05, 0) is 25.1 Å². The topological polar surface area (TPSA) is 89.6 Å². The van der Waals surface area contributed by atoms with Crippen molar-refractivity contribution >= 4 is 11.6 Å². The molecule has 0 aliphatic carbocycles. The fraction of sp³-hybridized carbons (Fsp3) is 0.286. The van der Waals surface area contributed by atoms with E-state index in [4.69, 9.17) is 0 Å². The molecule has 11 heteroatoms. The lowest BCUT2D eigenvalue weighted by Gasteiger charge is -2.06. The number of aromatic nitrogens is 2. The molecular weight excluding hydrogens is 348 g/mol. The number of oxime groups is 1. The summed E-state index contributed by atoms with van der Waals surface area (Å²) in [5.41, 5.74) is 0.123. The van der Waals surface area contributed by atoms with Gasteiger partial charge in [0.25, 0.3) is 5.91 Å². The van der Waals surface area contributed by atoms with E-state index in [1.807, 2.05) is 0 Å². The van der Waals surface area contributed by atoms with E-state index in [0.717, 1.165) is 12.1 Å². The number of benzene rings is 1. The molecule has 1 N–H and O–H groups in total. The molecule has 2 aromatic rings. The molecule has 7 nitrogen and oxygen atoms in total. The molecule has 0 atom stereocenters. The van der Waals surface area contributed by atoms with Gasteiger partial charge in [0.05, 0.1) is 17.8 Å². The molecule has 1 amide bonds. The van der Waals surface area contributed by atoms with E-state index >= 15 is 0 Å². The maximum absolute atomic E-state index is 14.1. The Morgan fingerprint density at radius 3 is 2.68 bits per heavy atom. The molecule has 0 bridgehead atoms. The van der Waals surface area contributed by atoms with Gasteiger partial charge in [0.15, 0.2) is 0 Å². The van der Waals surface area contributed by atoms with E-state index in [0.29, 0.717) is 5.71 Å². The van der Waals surface area contributed by atoms with Crippen LogP contribution in [0.4, 0.5) is 17.6 Å². The summed E-state index contributed by atoms with van der Waals surface area (Å²) in [6, 6.07) is 3.17. The Bertz CT molecular complexity index is 802. The number of halogens is 4. The summed E-state index contributed by atoms with van der Waals surface area (Å²) < 4.78 is 55.4. The second-order valence-electron chi connectivity index (χ2n) is 4.81. The Morgan fingerprint density at radius 1 is 1.40 bits per heavy atom. The molecular formula is C14H12F4N4O3. The van der Waals surface area contributed by atoms with E-state index < -0.39 is 29.6 Å². The van der Waals surface area contributed by atoms with Crippen molar-refractivity contribution in [3.63, 3.8) is 0 Å². The van der Waals surface area contributed by atoms with Gasteiger partial charge in [-0.1, -0.05) is 10.3 Å². The minimum Gasteiger partial charge on any atom is -0.399 e. The Labute approximate surface area is 138 Å². The summed E-state index contributed by atoms with van der Waals surface area (Å²) in [6.45, 7) is 1.69. The van der Waals surface area contributed by atoms with Gasteiger partial charge in [-0.3, -0.25) is 4.79 Å². The lowest BCUT2D eigenvalue weighted by Crippen LogP contribution is -2.28. The number of rotatable bonds is 5. The SMILES string of the molecule is CO/N=C(\C)CNC(=O)c1ccc(-c2noc(C(F)(F)F)n2)c(F)c1. The zero-order valence-electron chi connectivity index (χ0n) is 13.0. The molecule has 134 valence electrons. The summed E-state index contributed by atoms with van der Waals surface area (Å²) in [6.07, 6.45) is -4.83. The standard InChI is InChI=1S/C14H12F4N4O3/c1-7(21-24-2)6-19-12(23)8-3-4-9(10(15)5-8)11-20-13(25-22-11)14(16,17)18/h3-5H,6H2,1-2H3,(H,19,23)/b21-7+. The number of nitrogens with one attached hydrogen (secondary N) is 1. The number of amides is 1. The van der Waals surface area contributed by atoms with Crippen LogP contribution < -0.4 is 5.32 Å². The number of hydrogen-bond donors (Lipinski definition) is 1. The Kier molecular flexibility index (Phi) is 5.35. The summed E-state index contributed by atoms with van der Waals surface area (Å²) in [5.74, 6) is -3.72. The van der Waals surface area contributed by atoms with Crippen molar-refractivity contribution in [2.45, 2.75) is 13.1 Å². The fourth-order valence-corrected chi connectivity index (χ4v) is 1.78. The van der Waals surface area contributed by atoms with E-state index in [9.17, 15) is 22.4 Å². The van der Waals surface area contributed by atoms with Gasteiger partial charge >= 0.3 is 12.1 Å². The van der Waals surface area contributed by atoms with Crippen LogP contribution in [-0.4, -0.2) is 35.4 Å². The second-order valence-corrected chi connectivity index (χ2v) is 4.81. The van der Waals surface area contributed by atoms with Crippen molar-refractivity contribution in [3.8, 4) is 11.4 Å². The highest BCUT2D eigenvalue weighted by atomic mass is 19.4. The minimum atomic E-state index is -4.83. The molecule has 0 saturated carbocycles. The van der Waals surface area contributed by atoms with Gasteiger partial charge < -0.3 is 14.7 Å². The van der Waals surface area contributed by atoms with E-state index in [2.05, 4.69) is 30.0 Å². The first-order chi connectivity index (χ1) is 11.7. The molecule has 2 rings (SSSR count). The molecule has 1 aromatic carbocycles. The van der Waals surface area contributed by atoms with Crippen LogP contribution in [0.1, 0.15) is 23.2 Å². The van der Waals surface area contributed by atoms with Crippen LogP contribution in [0.15, 0.2) is 27.9 Å². The van der Waals surface area contributed by atoms with Crippen LogP contribution >= 0.6 is 0 Å². The van der Waals surface area contributed by atoms with Crippen LogP contribution in [0.25, 0.3) is 11.4 Å². The van der Waals surface area contributed by atoms with Gasteiger partial charge in [0.2, 0.25) is 5.82 Å². The lowest BCUT2D eigenvalue weighted by molar-refractivity contribution is -0.159. The van der Waals surface area contributed by atoms with Crippen LogP contribution in [0.2, 0.25) is 0 Å². The summed E-state index contributed by atoms with van der Waals surface area (Å²) in [5, 5.41) is 9.16. The molecule has 0 spiro atoms. The molecule has 0 unspecified atom stereocenters. The molecule has 0 aliphatic heterocycles. The Balaban J connectivity index is 2.16. The van der Waals surface area contributed by atoms with Crippen molar-refractivity contribution in [2.24, 2.45) is 5.16 Å². The highest BCUT2D eigenvalue weighted by Crippen LogP contribution is 2.30. The highest BCUT2D eigenvalue weighted by Gasteiger charge is 2.38. The van der Waals surface area contributed by atoms with Crippen molar-refractivity contribution < 1.29 is 31.7 Å². The van der Waals surface area contributed by atoms with Gasteiger partial charge in [-0.25, -0.2) is 4.39 Å². The van der Waals surface area contributed by atoms with Crippen LogP contribution in [0, 0.1) is 5.82 Å². The third-order valence-corrected chi connectivity index (χ3v) is 2.89. The first kappa shape index (κ1) is 18.4. The number of hydrogen-bond acceptors (Lipinski definition) is 6. The highest BCUT2D eigenvalue weighted by molar-refractivity contribution is 5.97. The third-order valence-electron chi connectivity index (χ3n) is 2.89. The second kappa shape index (κ2) is 7.28. The maximum atomic E-state index is 14.1. The third kappa shape index (κ3) is 4.52. The van der Waals surface area contributed by atoms with Gasteiger partial charge in [-0.2, -0.15) is 18.2 Å². The van der Waals surface area contributed by atoms with E-state index in [-0.39, 0.29) is 17.7 Å². The van der Waals surface area contributed by atoms with Crippen LogP contribution in [0.5, 0.6) is 0 Å². The zero-order valence-corrected chi connectivity index (χ0v) is 13.0. The molecule has 25 heavy (non-hydrogen) atoms. The molecule has 0 radical (unpaired) electrons. The monoisotopic (exact) mass is 360 g/mol. The molecule has 0 fully saturated rings. The van der Waals surface area contributed by atoms with Crippen molar-refractivity contribution in [2.75, 3.05) is 13.7 Å². The van der Waals surface area contributed by atoms with E-state index in [1.165, 1.54) is 13.2 Å². The lowest BCUT2D eigenvalue weighted by atomic mass is 10.1. The first-order valence-corrected chi connectivity index (χ1v) is 6.78. The summed E-state index contributed by atoms with van der Waals surface area (Å²) in [7, 11) is 1.35. The predicted octanol–water partition coefficient (Wildman–Crippen LogP) is 2.65. The van der Waals surface area contributed by atoms with Crippen molar-refractivity contribution in [1.29, 1.82) is 0 Å². The number of carbonyl (C=O) groups is 1. The van der Waals surface area contributed by atoms with Gasteiger partial charge in [-0.15, -0.1) is 0 Å². The number of nitrogens with zero attached hydrogens (tertiary/aromatic N) is 3.